The zero-order valence-corrected chi connectivity index (χ0v) is 13.8. The van der Waals surface area contributed by atoms with Gasteiger partial charge < -0.3 is 5.11 Å². The third kappa shape index (κ3) is 14.9. The maximum atomic E-state index is 11.6. The van der Waals surface area contributed by atoms with E-state index in [1.165, 1.54) is 0 Å². The molecular formula is C18H30O4. The van der Waals surface area contributed by atoms with E-state index in [9.17, 15) is 14.4 Å². The molecule has 4 heteroatoms. The Bertz CT molecular complexity index is 358. The molecule has 22 heavy (non-hydrogen) atoms. The van der Waals surface area contributed by atoms with Crippen molar-refractivity contribution in [2.24, 2.45) is 0 Å². The van der Waals surface area contributed by atoms with Gasteiger partial charge in [-0.3, -0.25) is 14.4 Å². The maximum Gasteiger partial charge on any atom is 0.303 e. The van der Waals surface area contributed by atoms with Gasteiger partial charge in [-0.1, -0.05) is 31.9 Å². The molecule has 0 atom stereocenters. The van der Waals surface area contributed by atoms with Crippen LogP contribution in [-0.2, 0) is 14.4 Å². The minimum absolute atomic E-state index is 0.152. The van der Waals surface area contributed by atoms with Crippen LogP contribution in [0.1, 0.15) is 84.0 Å². The van der Waals surface area contributed by atoms with Crippen molar-refractivity contribution in [1.29, 1.82) is 0 Å². The molecule has 1 N–H and O–H groups in total. The van der Waals surface area contributed by atoms with Crippen LogP contribution in [0.3, 0.4) is 0 Å². The number of rotatable bonds is 15. The monoisotopic (exact) mass is 310 g/mol. The fraction of sp³-hybridized carbons (Fsp3) is 0.722. The lowest BCUT2D eigenvalue weighted by Crippen LogP contribution is -2.03. The number of hydrogen-bond acceptors (Lipinski definition) is 3. The molecule has 0 aromatic rings. The van der Waals surface area contributed by atoms with Crippen LogP contribution in [-0.4, -0.2) is 22.6 Å². The first-order chi connectivity index (χ1) is 10.6. The lowest BCUT2D eigenvalue weighted by atomic mass is 10.0. The second-order valence-corrected chi connectivity index (χ2v) is 5.68. The number of carbonyl (C=O) groups is 3. The van der Waals surface area contributed by atoms with Crippen LogP contribution >= 0.6 is 0 Å². The van der Waals surface area contributed by atoms with E-state index in [-0.39, 0.29) is 18.0 Å². The zero-order chi connectivity index (χ0) is 16.6. The molecule has 0 unspecified atom stereocenters. The summed E-state index contributed by atoms with van der Waals surface area (Å²) in [5.74, 6) is -0.394. The fourth-order valence-electron chi connectivity index (χ4n) is 2.12. The Morgan fingerprint density at radius 3 is 1.95 bits per heavy atom. The predicted molar refractivity (Wildman–Crippen MR) is 87.9 cm³/mol. The van der Waals surface area contributed by atoms with Crippen LogP contribution in [0.2, 0.25) is 0 Å². The van der Waals surface area contributed by atoms with Gasteiger partial charge in [0.15, 0.2) is 0 Å². The van der Waals surface area contributed by atoms with Crippen molar-refractivity contribution in [3.05, 3.63) is 12.2 Å². The summed E-state index contributed by atoms with van der Waals surface area (Å²) < 4.78 is 0. The molecule has 126 valence electrons. The molecule has 0 rings (SSSR count). The number of carboxylic acids is 1. The standard InChI is InChI=1S/C18H30O4/c1-2-3-8-11-16(19)14-15-17(20)12-9-6-4-5-7-10-13-18(21)22/h4,6H,2-3,5,7-15H2,1H3,(H,21,22)/b6-4-. The summed E-state index contributed by atoms with van der Waals surface area (Å²) in [6.07, 6.45) is 12.3. The van der Waals surface area contributed by atoms with Gasteiger partial charge in [0.05, 0.1) is 0 Å². The minimum atomic E-state index is -0.751. The van der Waals surface area contributed by atoms with Gasteiger partial charge in [0.25, 0.3) is 0 Å². The lowest BCUT2D eigenvalue weighted by molar-refractivity contribution is -0.137. The number of allylic oxidation sites excluding steroid dienone is 2. The molecule has 0 saturated heterocycles. The predicted octanol–water partition coefficient (Wildman–Crippen LogP) is 4.47. The summed E-state index contributed by atoms with van der Waals surface area (Å²) in [6, 6.07) is 0. The van der Waals surface area contributed by atoms with E-state index < -0.39 is 5.97 Å². The topological polar surface area (TPSA) is 71.4 Å². The van der Waals surface area contributed by atoms with E-state index in [4.69, 9.17) is 5.11 Å². The number of Topliss-reactive ketones (excluding diaryl/α,β-unsaturated/α-hetero) is 2. The third-order valence-electron chi connectivity index (χ3n) is 3.51. The van der Waals surface area contributed by atoms with E-state index in [1.54, 1.807) is 0 Å². The summed E-state index contributed by atoms with van der Waals surface area (Å²) in [7, 11) is 0. The molecule has 0 aliphatic heterocycles. The average molecular weight is 310 g/mol. The van der Waals surface area contributed by atoms with Crippen molar-refractivity contribution in [3.63, 3.8) is 0 Å². The number of unbranched alkanes of at least 4 members (excludes halogenated alkanes) is 4. The van der Waals surface area contributed by atoms with Gasteiger partial charge in [0.1, 0.15) is 11.6 Å². The molecule has 0 amide bonds. The second-order valence-electron chi connectivity index (χ2n) is 5.68. The van der Waals surface area contributed by atoms with E-state index in [1.807, 2.05) is 12.2 Å². The Hall–Kier alpha value is -1.45. The number of hydrogen-bond donors (Lipinski definition) is 1. The van der Waals surface area contributed by atoms with Crippen LogP contribution < -0.4 is 0 Å². The van der Waals surface area contributed by atoms with Crippen LogP contribution in [0.15, 0.2) is 12.2 Å². The Kier molecular flexibility index (Phi) is 13.5. The molecule has 4 nitrogen and oxygen atoms in total. The van der Waals surface area contributed by atoms with Crippen molar-refractivity contribution in [2.75, 3.05) is 0 Å². The van der Waals surface area contributed by atoms with Gasteiger partial charge in [-0.25, -0.2) is 0 Å². The van der Waals surface area contributed by atoms with Crippen LogP contribution in [0, 0.1) is 0 Å². The van der Waals surface area contributed by atoms with Crippen LogP contribution in [0.25, 0.3) is 0 Å². The smallest absolute Gasteiger partial charge is 0.303 e. The Morgan fingerprint density at radius 1 is 0.727 bits per heavy atom. The highest BCUT2D eigenvalue weighted by Gasteiger charge is 2.06. The molecule has 0 saturated carbocycles. The van der Waals surface area contributed by atoms with E-state index in [0.29, 0.717) is 38.5 Å². The fourth-order valence-corrected chi connectivity index (χ4v) is 2.12. The summed E-state index contributed by atoms with van der Waals surface area (Å²) in [4.78, 5) is 33.5. The van der Waals surface area contributed by atoms with Gasteiger partial charge in [-0.2, -0.15) is 0 Å². The first-order valence-electron chi connectivity index (χ1n) is 8.46. The Labute approximate surface area is 134 Å². The van der Waals surface area contributed by atoms with Gasteiger partial charge in [-0.05, 0) is 32.1 Å². The summed E-state index contributed by atoms with van der Waals surface area (Å²) >= 11 is 0. The third-order valence-corrected chi connectivity index (χ3v) is 3.51. The van der Waals surface area contributed by atoms with Crippen molar-refractivity contribution >= 4 is 17.5 Å². The van der Waals surface area contributed by atoms with Gasteiger partial charge in [0, 0.05) is 32.1 Å². The second kappa shape index (κ2) is 14.5. The molecule has 0 aromatic heterocycles. The summed E-state index contributed by atoms with van der Waals surface area (Å²) in [6.45, 7) is 2.10. The van der Waals surface area contributed by atoms with Crippen molar-refractivity contribution in [1.82, 2.24) is 0 Å². The van der Waals surface area contributed by atoms with Crippen molar-refractivity contribution in [2.45, 2.75) is 84.0 Å². The number of carbonyl (C=O) groups excluding carboxylic acids is 2. The highest BCUT2D eigenvalue weighted by atomic mass is 16.4. The van der Waals surface area contributed by atoms with Crippen LogP contribution in [0.4, 0.5) is 0 Å². The normalized spacial score (nSPS) is 11.0. The van der Waals surface area contributed by atoms with Crippen molar-refractivity contribution in [3.8, 4) is 0 Å². The number of ketones is 2. The van der Waals surface area contributed by atoms with E-state index >= 15 is 0 Å². The molecule has 0 fully saturated rings. The average Bonchev–Trinajstić information content (AvgIpc) is 2.47. The molecular weight excluding hydrogens is 280 g/mol. The molecule has 0 aliphatic rings. The molecule has 0 aromatic carbocycles. The summed E-state index contributed by atoms with van der Waals surface area (Å²) in [5, 5.41) is 8.49. The maximum absolute atomic E-state index is 11.6. The van der Waals surface area contributed by atoms with Gasteiger partial charge in [0.2, 0.25) is 0 Å². The highest BCUT2D eigenvalue weighted by Crippen LogP contribution is 2.07. The SMILES string of the molecule is CCCCCC(=O)CCC(=O)CC/C=C\CCCCC(=O)O. The molecule has 0 spiro atoms. The molecule has 0 radical (unpaired) electrons. The Balaban J connectivity index is 3.49. The van der Waals surface area contributed by atoms with Crippen LogP contribution in [0.5, 0.6) is 0 Å². The molecule has 0 bridgehead atoms. The first-order valence-corrected chi connectivity index (χ1v) is 8.46. The highest BCUT2D eigenvalue weighted by molar-refractivity contribution is 5.85. The van der Waals surface area contributed by atoms with E-state index in [0.717, 1.165) is 32.1 Å². The quantitative estimate of drug-likeness (QED) is 0.358. The molecule has 0 aliphatic carbocycles. The largest absolute Gasteiger partial charge is 0.481 e. The Morgan fingerprint density at radius 2 is 1.32 bits per heavy atom. The lowest BCUT2D eigenvalue weighted by Gasteiger charge is -2.00. The molecule has 0 heterocycles. The van der Waals surface area contributed by atoms with Crippen molar-refractivity contribution < 1.29 is 19.5 Å². The van der Waals surface area contributed by atoms with E-state index in [2.05, 4.69) is 6.92 Å². The van der Waals surface area contributed by atoms with Gasteiger partial charge in [-0.15, -0.1) is 0 Å². The summed E-state index contributed by atoms with van der Waals surface area (Å²) in [5.41, 5.74) is 0. The first kappa shape index (κ1) is 20.6. The van der Waals surface area contributed by atoms with Gasteiger partial charge >= 0.3 is 5.97 Å². The zero-order valence-electron chi connectivity index (χ0n) is 13.8. The minimum Gasteiger partial charge on any atom is -0.481 e. The number of aliphatic carboxylic acids is 1. The number of carboxylic acid groups (broad SMARTS) is 1.